The molecule has 0 aliphatic rings. The number of carbonyl (C=O) groups is 1. The van der Waals surface area contributed by atoms with E-state index in [4.69, 9.17) is 11.6 Å². The summed E-state index contributed by atoms with van der Waals surface area (Å²) < 4.78 is 0. The van der Waals surface area contributed by atoms with Gasteiger partial charge < -0.3 is 10.2 Å². The van der Waals surface area contributed by atoms with Gasteiger partial charge in [-0.05, 0) is 19.2 Å². The second-order valence-electron chi connectivity index (χ2n) is 3.80. The van der Waals surface area contributed by atoms with Gasteiger partial charge in [-0.25, -0.2) is 4.98 Å². The van der Waals surface area contributed by atoms with Crippen LogP contribution in [0.1, 0.15) is 17.3 Å². The molecule has 0 aliphatic heterocycles. The van der Waals surface area contributed by atoms with Crippen LogP contribution < -0.4 is 5.32 Å². The molecule has 1 aromatic rings. The second-order valence-corrected chi connectivity index (χ2v) is 5.19. The van der Waals surface area contributed by atoms with Crippen LogP contribution in [0.25, 0.3) is 0 Å². The number of pyridine rings is 1. The number of rotatable bonds is 6. The number of halogens is 1. The maximum absolute atomic E-state index is 12.2. The first-order valence-corrected chi connectivity index (χ1v) is 7.51. The molecule has 1 aromatic heterocycles. The summed E-state index contributed by atoms with van der Waals surface area (Å²) in [6.45, 7) is 3.43. The molecule has 0 spiro atoms. The Hall–Kier alpha value is -0.940. The number of carbonyl (C=O) groups excluding carboxylic acids is 1. The van der Waals surface area contributed by atoms with Gasteiger partial charge in [0.25, 0.3) is 5.91 Å². The Balaban J connectivity index is 2.86. The van der Waals surface area contributed by atoms with Crippen molar-refractivity contribution in [2.45, 2.75) is 6.92 Å². The third kappa shape index (κ3) is 4.07. The molecule has 1 rings (SSSR count). The van der Waals surface area contributed by atoms with E-state index in [1.54, 1.807) is 29.8 Å². The van der Waals surface area contributed by atoms with E-state index in [9.17, 15) is 4.79 Å². The lowest BCUT2D eigenvalue weighted by Crippen LogP contribution is -2.29. The fourth-order valence-electron chi connectivity index (χ4n) is 1.42. The van der Waals surface area contributed by atoms with Gasteiger partial charge in [-0.2, -0.15) is 11.8 Å². The van der Waals surface area contributed by atoms with Crippen molar-refractivity contribution >= 4 is 35.1 Å². The molecule has 0 aromatic carbocycles. The monoisotopic (exact) mass is 287 g/mol. The van der Waals surface area contributed by atoms with Crippen LogP contribution in [0, 0.1) is 0 Å². The Labute approximate surface area is 117 Å². The van der Waals surface area contributed by atoms with E-state index >= 15 is 0 Å². The quantitative estimate of drug-likeness (QED) is 0.873. The van der Waals surface area contributed by atoms with E-state index in [1.807, 2.05) is 13.2 Å². The van der Waals surface area contributed by atoms with Gasteiger partial charge in [0.15, 0.2) is 0 Å². The van der Waals surface area contributed by atoms with Gasteiger partial charge in [-0.3, -0.25) is 4.79 Å². The van der Waals surface area contributed by atoms with Gasteiger partial charge in [0.05, 0.1) is 10.6 Å². The Morgan fingerprint density at radius 3 is 2.94 bits per heavy atom. The van der Waals surface area contributed by atoms with Crippen molar-refractivity contribution in [1.82, 2.24) is 9.88 Å². The minimum atomic E-state index is -0.0735. The lowest BCUT2D eigenvalue weighted by Gasteiger charge is -2.17. The minimum absolute atomic E-state index is 0.0735. The SMILES string of the molecule is CCNc1cc(C(=O)N(C)CCSC)c(Cl)cn1. The lowest BCUT2D eigenvalue weighted by molar-refractivity contribution is 0.0804. The van der Waals surface area contributed by atoms with Crippen LogP contribution in [0.5, 0.6) is 0 Å². The highest BCUT2D eigenvalue weighted by molar-refractivity contribution is 7.98. The number of nitrogens with one attached hydrogen (secondary N) is 1. The van der Waals surface area contributed by atoms with Crippen molar-refractivity contribution in [3.8, 4) is 0 Å². The average molecular weight is 288 g/mol. The second kappa shape index (κ2) is 7.48. The van der Waals surface area contributed by atoms with Crippen LogP contribution >= 0.6 is 23.4 Å². The van der Waals surface area contributed by atoms with Crippen molar-refractivity contribution in [1.29, 1.82) is 0 Å². The smallest absolute Gasteiger partial charge is 0.255 e. The van der Waals surface area contributed by atoms with E-state index in [1.165, 1.54) is 6.20 Å². The van der Waals surface area contributed by atoms with Crippen LogP contribution in [-0.4, -0.2) is 47.9 Å². The largest absolute Gasteiger partial charge is 0.370 e. The van der Waals surface area contributed by atoms with Gasteiger partial charge in [0.1, 0.15) is 5.82 Å². The fourth-order valence-corrected chi connectivity index (χ4v) is 2.06. The van der Waals surface area contributed by atoms with E-state index in [-0.39, 0.29) is 5.91 Å². The summed E-state index contributed by atoms with van der Waals surface area (Å²) in [4.78, 5) is 18.0. The Morgan fingerprint density at radius 1 is 1.61 bits per heavy atom. The first-order chi connectivity index (χ1) is 8.60. The molecular formula is C12H18ClN3OS. The molecule has 0 aliphatic carbocycles. The number of hydrogen-bond donors (Lipinski definition) is 1. The zero-order chi connectivity index (χ0) is 13.5. The predicted octanol–water partition coefficient (Wildman–Crippen LogP) is 2.60. The van der Waals surface area contributed by atoms with Crippen molar-refractivity contribution in [2.24, 2.45) is 0 Å². The Morgan fingerprint density at radius 2 is 2.33 bits per heavy atom. The molecule has 4 nitrogen and oxygen atoms in total. The molecule has 0 saturated heterocycles. The highest BCUT2D eigenvalue weighted by atomic mass is 35.5. The van der Waals surface area contributed by atoms with Gasteiger partial charge in [0.2, 0.25) is 0 Å². The molecule has 1 amide bonds. The van der Waals surface area contributed by atoms with Crippen LogP contribution in [0.3, 0.4) is 0 Å². The first-order valence-electron chi connectivity index (χ1n) is 5.74. The standard InChI is InChI=1S/C12H18ClN3OS/c1-4-14-11-7-9(10(13)8-15-11)12(17)16(2)5-6-18-3/h7-8H,4-6H2,1-3H3,(H,14,15). The van der Waals surface area contributed by atoms with E-state index < -0.39 is 0 Å². The lowest BCUT2D eigenvalue weighted by atomic mass is 10.2. The zero-order valence-corrected chi connectivity index (χ0v) is 12.4. The Bertz CT molecular complexity index is 414. The van der Waals surface area contributed by atoms with E-state index in [2.05, 4.69) is 10.3 Å². The fraction of sp³-hybridized carbons (Fsp3) is 0.500. The summed E-state index contributed by atoms with van der Waals surface area (Å²) in [5.74, 6) is 1.50. The highest BCUT2D eigenvalue weighted by Crippen LogP contribution is 2.19. The third-order valence-electron chi connectivity index (χ3n) is 2.42. The zero-order valence-electron chi connectivity index (χ0n) is 10.9. The van der Waals surface area contributed by atoms with Crippen molar-refractivity contribution in [2.75, 3.05) is 37.5 Å². The van der Waals surface area contributed by atoms with Crippen LogP contribution in [0.2, 0.25) is 5.02 Å². The van der Waals surface area contributed by atoms with Crippen molar-refractivity contribution in [3.05, 3.63) is 22.8 Å². The maximum atomic E-state index is 12.2. The first kappa shape index (κ1) is 15.1. The topological polar surface area (TPSA) is 45.2 Å². The van der Waals surface area contributed by atoms with Crippen LogP contribution in [0.4, 0.5) is 5.82 Å². The Kier molecular flexibility index (Phi) is 6.29. The molecule has 100 valence electrons. The van der Waals surface area contributed by atoms with Crippen LogP contribution in [0.15, 0.2) is 12.3 Å². The third-order valence-corrected chi connectivity index (χ3v) is 3.31. The molecule has 1 N–H and O–H groups in total. The van der Waals surface area contributed by atoms with Crippen LogP contribution in [-0.2, 0) is 0 Å². The molecule has 18 heavy (non-hydrogen) atoms. The summed E-state index contributed by atoms with van der Waals surface area (Å²) in [6.07, 6.45) is 3.52. The summed E-state index contributed by atoms with van der Waals surface area (Å²) in [7, 11) is 1.78. The minimum Gasteiger partial charge on any atom is -0.370 e. The van der Waals surface area contributed by atoms with Crippen molar-refractivity contribution in [3.63, 3.8) is 0 Å². The molecule has 0 bridgehead atoms. The predicted molar refractivity (Wildman–Crippen MR) is 78.8 cm³/mol. The average Bonchev–Trinajstić information content (AvgIpc) is 2.37. The molecule has 0 unspecified atom stereocenters. The number of amides is 1. The van der Waals surface area contributed by atoms with Gasteiger partial charge in [-0.1, -0.05) is 11.6 Å². The molecule has 0 fully saturated rings. The van der Waals surface area contributed by atoms with Crippen molar-refractivity contribution < 1.29 is 4.79 Å². The van der Waals surface area contributed by atoms with Gasteiger partial charge in [-0.15, -0.1) is 0 Å². The summed E-state index contributed by atoms with van der Waals surface area (Å²) in [5, 5.41) is 3.45. The molecule has 0 radical (unpaired) electrons. The summed E-state index contributed by atoms with van der Waals surface area (Å²) in [6, 6.07) is 1.70. The summed E-state index contributed by atoms with van der Waals surface area (Å²) in [5.41, 5.74) is 0.492. The highest BCUT2D eigenvalue weighted by Gasteiger charge is 2.15. The van der Waals surface area contributed by atoms with E-state index in [0.717, 1.165) is 12.3 Å². The molecule has 0 atom stereocenters. The van der Waals surface area contributed by atoms with E-state index in [0.29, 0.717) is 22.9 Å². The number of thioether (sulfide) groups is 1. The molecule has 6 heteroatoms. The number of anilines is 1. The normalized spacial score (nSPS) is 10.2. The van der Waals surface area contributed by atoms with Gasteiger partial charge >= 0.3 is 0 Å². The van der Waals surface area contributed by atoms with Gasteiger partial charge in [0, 0.05) is 32.1 Å². The molecule has 0 saturated carbocycles. The molecular weight excluding hydrogens is 270 g/mol. The molecule has 1 heterocycles. The number of hydrogen-bond acceptors (Lipinski definition) is 4. The summed E-state index contributed by atoms with van der Waals surface area (Å²) >= 11 is 7.73. The maximum Gasteiger partial charge on any atom is 0.255 e. The number of nitrogens with zero attached hydrogens (tertiary/aromatic N) is 2. The number of aromatic nitrogens is 1.